The van der Waals surface area contributed by atoms with Gasteiger partial charge in [-0.2, -0.15) is 10.2 Å². The van der Waals surface area contributed by atoms with Crippen molar-refractivity contribution in [2.24, 2.45) is 7.05 Å². The number of allylic oxidation sites excluding steroid dienone is 1. The zero-order valence-electron chi connectivity index (χ0n) is 15.8. The second-order valence-electron chi connectivity index (χ2n) is 6.60. The number of nitrogens with one attached hydrogen (secondary N) is 1. The molecule has 4 rings (SSSR count). The van der Waals surface area contributed by atoms with Crippen molar-refractivity contribution in [3.8, 4) is 12.1 Å². The summed E-state index contributed by atoms with van der Waals surface area (Å²) >= 11 is 6.06. The average molecular weight is 405 g/mol. The molecular formula is C22H17ClN4O2. The summed E-state index contributed by atoms with van der Waals surface area (Å²) in [5.41, 5.74) is 2.78. The molecule has 0 fully saturated rings. The Bertz CT molecular complexity index is 1210. The molecule has 0 aliphatic carbocycles. The highest BCUT2D eigenvalue weighted by molar-refractivity contribution is 6.30. The van der Waals surface area contributed by atoms with Crippen molar-refractivity contribution in [2.75, 3.05) is 12.4 Å². The van der Waals surface area contributed by atoms with Crippen LogP contribution in [-0.4, -0.2) is 16.7 Å². The molecule has 2 heterocycles. The summed E-state index contributed by atoms with van der Waals surface area (Å²) in [4.78, 5) is 17.7. The summed E-state index contributed by atoms with van der Waals surface area (Å²) in [6.07, 6.45) is 0. The van der Waals surface area contributed by atoms with Crippen molar-refractivity contribution in [2.45, 2.75) is 5.92 Å². The first-order valence-electron chi connectivity index (χ1n) is 8.92. The molecular weight excluding hydrogens is 388 g/mol. The van der Waals surface area contributed by atoms with Crippen LogP contribution in [-0.2, 0) is 7.05 Å². The van der Waals surface area contributed by atoms with Crippen LogP contribution in [0, 0.1) is 11.3 Å². The molecule has 0 radical (unpaired) electrons. The Balaban J connectivity index is 2.05. The first-order chi connectivity index (χ1) is 14.0. The molecule has 6 nitrogen and oxygen atoms in total. The third-order valence-electron chi connectivity index (χ3n) is 4.94. The number of ether oxygens (including phenoxy) is 1. The van der Waals surface area contributed by atoms with Gasteiger partial charge in [0.15, 0.2) is 0 Å². The molecule has 0 spiro atoms. The van der Waals surface area contributed by atoms with Gasteiger partial charge in [-0.3, -0.25) is 9.36 Å². The van der Waals surface area contributed by atoms with E-state index in [0.29, 0.717) is 27.7 Å². The summed E-state index contributed by atoms with van der Waals surface area (Å²) in [6, 6.07) is 19.1. The molecule has 1 atom stereocenters. The molecule has 1 aliphatic rings. The maximum atomic E-state index is 13.2. The molecule has 0 bridgehead atoms. The number of fused-ring (bicyclic) bond motifs is 1. The summed E-state index contributed by atoms with van der Waals surface area (Å²) in [7, 11) is 3.05. The summed E-state index contributed by atoms with van der Waals surface area (Å²) in [6.45, 7) is 0. The van der Waals surface area contributed by atoms with E-state index in [2.05, 4.69) is 16.4 Å². The predicted molar refractivity (Wildman–Crippen MR) is 112 cm³/mol. The van der Waals surface area contributed by atoms with Gasteiger partial charge in [0.2, 0.25) is 0 Å². The number of benzene rings is 2. The van der Waals surface area contributed by atoms with Crippen molar-refractivity contribution in [1.82, 2.24) is 9.55 Å². The van der Waals surface area contributed by atoms with Gasteiger partial charge in [-0.15, -0.1) is 0 Å². The standard InChI is InChI=1S/C22H17ClN4O2/c1-27-21(28)18-17(13-8-10-15(23)11-9-13)16(12-24)19(14-6-4-3-5-7-14)25-20(18)26-22(27)29-2/h3-11,17,25H,1-2H3. The van der Waals surface area contributed by atoms with Gasteiger partial charge in [0.1, 0.15) is 5.82 Å². The Labute approximate surface area is 172 Å². The van der Waals surface area contributed by atoms with Crippen molar-refractivity contribution in [3.05, 3.63) is 92.2 Å². The zero-order chi connectivity index (χ0) is 20.5. The van der Waals surface area contributed by atoms with E-state index >= 15 is 0 Å². The number of aromatic nitrogens is 2. The fourth-order valence-corrected chi connectivity index (χ4v) is 3.68. The molecule has 1 unspecified atom stereocenters. The minimum atomic E-state index is -0.583. The smallest absolute Gasteiger partial charge is 0.300 e. The lowest BCUT2D eigenvalue weighted by molar-refractivity contribution is 0.356. The second kappa shape index (κ2) is 7.46. The van der Waals surface area contributed by atoms with Crippen LogP contribution in [0.4, 0.5) is 5.82 Å². The van der Waals surface area contributed by atoms with Gasteiger partial charge in [-0.25, -0.2) is 0 Å². The van der Waals surface area contributed by atoms with Gasteiger partial charge in [-0.1, -0.05) is 54.1 Å². The fraction of sp³-hybridized carbons (Fsp3) is 0.136. The average Bonchev–Trinajstić information content (AvgIpc) is 2.76. The van der Waals surface area contributed by atoms with Crippen LogP contribution in [0.25, 0.3) is 5.70 Å². The zero-order valence-corrected chi connectivity index (χ0v) is 16.6. The number of nitrogens with zero attached hydrogens (tertiary/aromatic N) is 3. The topological polar surface area (TPSA) is 79.9 Å². The molecule has 7 heteroatoms. The predicted octanol–water partition coefficient (Wildman–Crippen LogP) is 3.93. The van der Waals surface area contributed by atoms with E-state index in [1.807, 2.05) is 42.5 Å². The first kappa shape index (κ1) is 18.8. The highest BCUT2D eigenvalue weighted by atomic mass is 35.5. The summed E-state index contributed by atoms with van der Waals surface area (Å²) in [5.74, 6) is -0.205. The van der Waals surface area contributed by atoms with Gasteiger partial charge in [0, 0.05) is 12.1 Å². The molecule has 0 amide bonds. The molecule has 1 aliphatic heterocycles. The van der Waals surface area contributed by atoms with Crippen LogP contribution < -0.4 is 15.6 Å². The lowest BCUT2D eigenvalue weighted by atomic mass is 9.81. The van der Waals surface area contributed by atoms with Crippen molar-refractivity contribution < 1.29 is 4.74 Å². The van der Waals surface area contributed by atoms with E-state index in [1.54, 1.807) is 19.2 Å². The maximum absolute atomic E-state index is 13.2. The van der Waals surface area contributed by atoms with Crippen LogP contribution in [0.3, 0.4) is 0 Å². The van der Waals surface area contributed by atoms with Crippen LogP contribution in [0.1, 0.15) is 22.6 Å². The molecule has 0 saturated carbocycles. The second-order valence-corrected chi connectivity index (χ2v) is 7.04. The van der Waals surface area contributed by atoms with Gasteiger partial charge in [0.25, 0.3) is 5.56 Å². The number of methoxy groups -OCH3 is 1. The van der Waals surface area contributed by atoms with Crippen LogP contribution >= 0.6 is 11.6 Å². The van der Waals surface area contributed by atoms with Crippen molar-refractivity contribution in [3.63, 3.8) is 0 Å². The van der Waals surface area contributed by atoms with E-state index in [9.17, 15) is 10.1 Å². The molecule has 3 aromatic rings. The van der Waals surface area contributed by atoms with E-state index in [4.69, 9.17) is 16.3 Å². The molecule has 1 aromatic heterocycles. The van der Waals surface area contributed by atoms with Crippen molar-refractivity contribution >= 4 is 23.1 Å². The number of hydrogen-bond donors (Lipinski definition) is 1. The minimum Gasteiger partial charge on any atom is -0.468 e. The van der Waals surface area contributed by atoms with Crippen LogP contribution in [0.2, 0.25) is 5.02 Å². The molecule has 0 saturated heterocycles. The minimum absolute atomic E-state index is 0.184. The van der Waals surface area contributed by atoms with Gasteiger partial charge in [-0.05, 0) is 23.3 Å². The third kappa shape index (κ3) is 3.16. The monoisotopic (exact) mass is 404 g/mol. The fourth-order valence-electron chi connectivity index (χ4n) is 3.55. The summed E-state index contributed by atoms with van der Waals surface area (Å²) in [5, 5.41) is 13.8. The number of nitriles is 1. The summed E-state index contributed by atoms with van der Waals surface area (Å²) < 4.78 is 6.60. The number of halogens is 1. The van der Waals surface area contributed by atoms with E-state index in [0.717, 1.165) is 11.1 Å². The van der Waals surface area contributed by atoms with E-state index < -0.39 is 5.92 Å². The normalized spacial score (nSPS) is 15.3. The number of anilines is 1. The number of rotatable bonds is 3. The molecule has 144 valence electrons. The molecule has 2 aromatic carbocycles. The Kier molecular flexibility index (Phi) is 4.83. The largest absolute Gasteiger partial charge is 0.468 e. The first-order valence-corrected chi connectivity index (χ1v) is 9.30. The van der Waals surface area contributed by atoms with Crippen LogP contribution in [0.15, 0.2) is 65.0 Å². The van der Waals surface area contributed by atoms with E-state index in [-0.39, 0.29) is 11.6 Å². The third-order valence-corrected chi connectivity index (χ3v) is 5.20. The highest BCUT2D eigenvalue weighted by Gasteiger charge is 2.34. The molecule has 1 N–H and O–H groups in total. The quantitative estimate of drug-likeness (QED) is 0.715. The van der Waals surface area contributed by atoms with Crippen LogP contribution in [0.5, 0.6) is 6.01 Å². The van der Waals surface area contributed by atoms with Gasteiger partial charge >= 0.3 is 6.01 Å². The van der Waals surface area contributed by atoms with Gasteiger partial charge in [0.05, 0.1) is 35.9 Å². The highest BCUT2D eigenvalue weighted by Crippen LogP contribution is 2.42. The lowest BCUT2D eigenvalue weighted by Crippen LogP contribution is -2.31. The SMILES string of the molecule is COc1nc2c(c(=O)n1C)C(c1ccc(Cl)cc1)C(C#N)=C(c1ccccc1)N2. The Morgan fingerprint density at radius 1 is 1.17 bits per heavy atom. The Morgan fingerprint density at radius 2 is 1.86 bits per heavy atom. The van der Waals surface area contributed by atoms with Crippen molar-refractivity contribution in [1.29, 1.82) is 5.26 Å². The lowest BCUT2D eigenvalue weighted by Gasteiger charge is -2.29. The number of hydrogen-bond acceptors (Lipinski definition) is 5. The molecule has 29 heavy (non-hydrogen) atoms. The van der Waals surface area contributed by atoms with Gasteiger partial charge < -0.3 is 10.1 Å². The van der Waals surface area contributed by atoms with E-state index in [1.165, 1.54) is 11.7 Å². The Hall–Kier alpha value is -3.56. The maximum Gasteiger partial charge on any atom is 0.300 e. The Morgan fingerprint density at radius 3 is 2.48 bits per heavy atom.